The summed E-state index contributed by atoms with van der Waals surface area (Å²) in [5, 5.41) is 2.42. The lowest BCUT2D eigenvalue weighted by molar-refractivity contribution is -0.137. The summed E-state index contributed by atoms with van der Waals surface area (Å²) in [4.78, 5) is 15.2. The highest BCUT2D eigenvalue weighted by Gasteiger charge is 2.19. The number of rotatable bonds is 7. The molecule has 0 saturated carbocycles. The van der Waals surface area contributed by atoms with Gasteiger partial charge in [0.15, 0.2) is 0 Å². The van der Waals surface area contributed by atoms with Crippen LogP contribution in [0.25, 0.3) is 28.1 Å². The van der Waals surface area contributed by atoms with E-state index in [9.17, 15) is 4.79 Å². The summed E-state index contributed by atoms with van der Waals surface area (Å²) in [7, 11) is 0. The summed E-state index contributed by atoms with van der Waals surface area (Å²) in [5.74, 6) is -0.353. The van der Waals surface area contributed by atoms with Gasteiger partial charge in [0, 0.05) is 27.6 Å². The fraction of sp³-hybridized carbons (Fsp3) is 0.167. The maximum atomic E-state index is 11.7. The van der Waals surface area contributed by atoms with Crippen LogP contribution in [0.4, 0.5) is 0 Å². The molecule has 4 rings (SSSR count). The summed E-state index contributed by atoms with van der Waals surface area (Å²) in [6.07, 6.45) is 3.99. The number of carbonyl (C=O) groups excluding carboxylic acids is 1. The molecule has 1 heterocycles. The number of allylic oxidation sites excluding steroid dienone is 1. The average Bonchev–Trinajstić information content (AvgIpc) is 3.19. The summed E-state index contributed by atoms with van der Waals surface area (Å²) >= 11 is 13.3. The van der Waals surface area contributed by atoms with E-state index >= 15 is 0 Å². The molecule has 5 heteroatoms. The molecule has 0 fully saturated rings. The van der Waals surface area contributed by atoms with Crippen LogP contribution >= 0.6 is 23.2 Å². The zero-order valence-electron chi connectivity index (χ0n) is 20.0. The zero-order chi connectivity index (χ0) is 24.9. The molecule has 0 atom stereocenters. The van der Waals surface area contributed by atoms with Crippen molar-refractivity contribution < 1.29 is 9.53 Å². The van der Waals surface area contributed by atoms with E-state index in [2.05, 4.69) is 36.2 Å². The number of aryl methyl sites for hydroxylation is 1. The van der Waals surface area contributed by atoms with Gasteiger partial charge in [-0.1, -0.05) is 84.7 Å². The minimum atomic E-state index is -0.353. The largest absolute Gasteiger partial charge is 0.463 e. The van der Waals surface area contributed by atoms with Crippen LogP contribution in [0.5, 0.6) is 0 Å². The third-order valence-electron chi connectivity index (χ3n) is 5.95. The Morgan fingerprint density at radius 2 is 1.69 bits per heavy atom. The number of benzene rings is 3. The topological polar surface area (TPSA) is 42.1 Å². The predicted molar refractivity (Wildman–Crippen MR) is 148 cm³/mol. The van der Waals surface area contributed by atoms with Gasteiger partial charge in [-0.25, -0.2) is 4.79 Å². The third kappa shape index (κ3) is 5.37. The van der Waals surface area contributed by atoms with Gasteiger partial charge in [-0.2, -0.15) is 0 Å². The number of esters is 1. The zero-order valence-corrected chi connectivity index (χ0v) is 21.5. The van der Waals surface area contributed by atoms with Crippen LogP contribution in [-0.2, 0) is 9.53 Å². The molecule has 0 aliphatic heterocycles. The normalized spacial score (nSPS) is 12.3. The first-order valence-electron chi connectivity index (χ1n) is 11.6. The van der Waals surface area contributed by atoms with E-state index in [1.807, 2.05) is 49.4 Å². The number of ether oxygens (including phenoxy) is 1. The number of nitrogens with one attached hydrogen (secondary N) is 1. The number of para-hydroxylation sites is 1. The first-order valence-corrected chi connectivity index (χ1v) is 12.4. The van der Waals surface area contributed by atoms with E-state index in [0.717, 1.165) is 61.4 Å². The molecule has 0 radical (unpaired) electrons. The van der Waals surface area contributed by atoms with Gasteiger partial charge >= 0.3 is 5.97 Å². The lowest BCUT2D eigenvalue weighted by Gasteiger charge is -2.16. The van der Waals surface area contributed by atoms with Crippen LogP contribution in [-0.4, -0.2) is 17.6 Å². The molecule has 1 N–H and O–H groups in total. The highest BCUT2D eigenvalue weighted by Crippen LogP contribution is 2.40. The lowest BCUT2D eigenvalue weighted by atomic mass is 9.89. The molecular weight excluding hydrogens is 477 g/mol. The van der Waals surface area contributed by atoms with Gasteiger partial charge in [-0.15, -0.1) is 0 Å². The number of H-pyrrole nitrogens is 1. The number of carbonyl (C=O) groups is 1. The molecule has 0 saturated heterocycles. The average molecular weight is 504 g/mol. The maximum Gasteiger partial charge on any atom is 0.330 e. The molecule has 1 aromatic heterocycles. The summed E-state index contributed by atoms with van der Waals surface area (Å²) in [6, 6.07) is 22.2. The van der Waals surface area contributed by atoms with E-state index in [1.54, 1.807) is 13.0 Å². The van der Waals surface area contributed by atoms with Crippen molar-refractivity contribution in [1.82, 2.24) is 4.98 Å². The van der Waals surface area contributed by atoms with Crippen molar-refractivity contribution in [3.63, 3.8) is 0 Å². The number of aromatic amines is 1. The Kier molecular flexibility index (Phi) is 7.80. The minimum Gasteiger partial charge on any atom is -0.463 e. The van der Waals surface area contributed by atoms with Crippen molar-refractivity contribution in [3.8, 4) is 0 Å². The number of hydrogen-bond donors (Lipinski definition) is 1. The van der Waals surface area contributed by atoms with Crippen LogP contribution in [0, 0.1) is 6.92 Å². The highest BCUT2D eigenvalue weighted by atomic mass is 35.5. The van der Waals surface area contributed by atoms with Crippen molar-refractivity contribution in [2.75, 3.05) is 6.61 Å². The number of hydrogen-bond acceptors (Lipinski definition) is 2. The Morgan fingerprint density at radius 3 is 2.34 bits per heavy atom. The van der Waals surface area contributed by atoms with Crippen LogP contribution < -0.4 is 0 Å². The van der Waals surface area contributed by atoms with Crippen LogP contribution in [0.15, 0.2) is 72.8 Å². The molecule has 3 nitrogen and oxygen atoms in total. The molecule has 178 valence electrons. The summed E-state index contributed by atoms with van der Waals surface area (Å²) in [5.41, 5.74) is 8.13. The van der Waals surface area contributed by atoms with Gasteiger partial charge in [-0.3, -0.25) is 0 Å². The van der Waals surface area contributed by atoms with Crippen molar-refractivity contribution in [3.05, 3.63) is 111 Å². The van der Waals surface area contributed by atoms with Crippen molar-refractivity contribution in [1.29, 1.82) is 0 Å². The smallest absolute Gasteiger partial charge is 0.330 e. The number of halogens is 2. The molecule has 0 spiro atoms. The lowest BCUT2D eigenvalue weighted by Crippen LogP contribution is -1.98. The van der Waals surface area contributed by atoms with Gasteiger partial charge in [0.2, 0.25) is 0 Å². The Balaban J connectivity index is 1.89. The second kappa shape index (κ2) is 11.0. The monoisotopic (exact) mass is 503 g/mol. The quantitative estimate of drug-likeness (QED) is 0.155. The van der Waals surface area contributed by atoms with Crippen LogP contribution in [0.3, 0.4) is 0 Å². The third-order valence-corrected chi connectivity index (χ3v) is 6.77. The van der Waals surface area contributed by atoms with Crippen molar-refractivity contribution in [2.45, 2.75) is 27.2 Å². The number of aromatic nitrogens is 1. The molecule has 0 bridgehead atoms. The first-order chi connectivity index (χ1) is 16.9. The summed E-state index contributed by atoms with van der Waals surface area (Å²) in [6.45, 7) is 6.30. The van der Waals surface area contributed by atoms with Gasteiger partial charge in [0.05, 0.1) is 17.3 Å². The Bertz CT molecular complexity index is 1430. The SMILES string of the molecule is CCOC(=O)/C=C/c1ccc(/C(=C(/CC)c2ccc(Cl)c(C)c2)c2[nH]c3ccccc3c2Cl)cc1. The second-order valence-corrected chi connectivity index (χ2v) is 9.02. The molecule has 0 aliphatic carbocycles. The van der Waals surface area contributed by atoms with E-state index in [1.165, 1.54) is 6.08 Å². The van der Waals surface area contributed by atoms with Crippen molar-refractivity contribution >= 4 is 57.3 Å². The first kappa shape index (κ1) is 24.8. The Labute approximate surface area is 216 Å². The van der Waals surface area contributed by atoms with Gasteiger partial charge < -0.3 is 9.72 Å². The Hall–Kier alpha value is -3.27. The second-order valence-electron chi connectivity index (χ2n) is 8.24. The van der Waals surface area contributed by atoms with E-state index < -0.39 is 0 Å². The van der Waals surface area contributed by atoms with E-state index in [0.29, 0.717) is 11.6 Å². The summed E-state index contributed by atoms with van der Waals surface area (Å²) < 4.78 is 4.98. The van der Waals surface area contributed by atoms with Crippen LogP contribution in [0.1, 0.15) is 48.2 Å². The van der Waals surface area contributed by atoms with E-state index in [-0.39, 0.29) is 5.97 Å². The van der Waals surface area contributed by atoms with Gasteiger partial charge in [0.1, 0.15) is 0 Å². The number of fused-ring (bicyclic) bond motifs is 1. The molecule has 4 aromatic rings. The standard InChI is InChI=1S/C30H27Cl2NO2/c1-4-23(22-15-16-25(31)19(3)18-22)28(30-29(32)24-8-6-7-9-26(24)33-30)21-13-10-20(11-14-21)12-17-27(34)35-5-2/h6-18,33H,4-5H2,1-3H3/b17-12+,28-23+. The fourth-order valence-electron chi connectivity index (χ4n) is 4.22. The fourth-order valence-corrected chi connectivity index (χ4v) is 4.65. The van der Waals surface area contributed by atoms with Gasteiger partial charge in [0.25, 0.3) is 0 Å². The minimum absolute atomic E-state index is 0.353. The molecular formula is C30H27Cl2NO2. The Morgan fingerprint density at radius 1 is 0.971 bits per heavy atom. The molecule has 3 aromatic carbocycles. The predicted octanol–water partition coefficient (Wildman–Crippen LogP) is 8.73. The van der Waals surface area contributed by atoms with E-state index in [4.69, 9.17) is 27.9 Å². The highest BCUT2D eigenvalue weighted by molar-refractivity contribution is 6.38. The van der Waals surface area contributed by atoms with Gasteiger partial charge in [-0.05, 0) is 66.3 Å². The molecule has 35 heavy (non-hydrogen) atoms. The van der Waals surface area contributed by atoms with Crippen LogP contribution in [0.2, 0.25) is 10.0 Å². The molecule has 0 aliphatic rings. The maximum absolute atomic E-state index is 11.7. The molecule has 0 amide bonds. The van der Waals surface area contributed by atoms with Crippen molar-refractivity contribution in [2.24, 2.45) is 0 Å². The molecule has 0 unspecified atom stereocenters.